The van der Waals surface area contributed by atoms with Crippen LogP contribution >= 0.6 is 15.9 Å². The summed E-state index contributed by atoms with van der Waals surface area (Å²) in [6.07, 6.45) is 3.16. The third kappa shape index (κ3) is 3.08. The molecular formula is C11H12BrN5O2. The van der Waals surface area contributed by atoms with Gasteiger partial charge >= 0.3 is 0 Å². The highest BCUT2D eigenvalue weighted by Crippen LogP contribution is 2.16. The Morgan fingerprint density at radius 1 is 1.63 bits per heavy atom. The number of rotatable bonds is 5. The van der Waals surface area contributed by atoms with E-state index in [0.717, 1.165) is 0 Å². The van der Waals surface area contributed by atoms with E-state index in [9.17, 15) is 4.79 Å². The van der Waals surface area contributed by atoms with Gasteiger partial charge in [-0.25, -0.2) is 4.68 Å². The van der Waals surface area contributed by atoms with Crippen molar-refractivity contribution in [1.82, 2.24) is 19.9 Å². The summed E-state index contributed by atoms with van der Waals surface area (Å²) in [5, 5.41) is 10.7. The minimum Gasteiger partial charge on any atom is -0.374 e. The monoisotopic (exact) mass is 325 g/mol. The molecule has 0 saturated heterocycles. The summed E-state index contributed by atoms with van der Waals surface area (Å²) >= 11 is 3.24. The van der Waals surface area contributed by atoms with Crippen molar-refractivity contribution < 1.29 is 4.52 Å². The van der Waals surface area contributed by atoms with E-state index in [0.29, 0.717) is 35.0 Å². The average molecular weight is 326 g/mol. The van der Waals surface area contributed by atoms with Crippen LogP contribution in [0.5, 0.6) is 0 Å². The molecule has 1 N–H and O–H groups in total. The van der Waals surface area contributed by atoms with E-state index in [1.807, 2.05) is 0 Å². The molecule has 0 atom stereocenters. The molecule has 2 aromatic heterocycles. The van der Waals surface area contributed by atoms with Crippen LogP contribution in [-0.4, -0.2) is 19.9 Å². The van der Waals surface area contributed by atoms with Gasteiger partial charge in [-0.1, -0.05) is 11.2 Å². The van der Waals surface area contributed by atoms with Crippen LogP contribution in [0.3, 0.4) is 0 Å². The van der Waals surface area contributed by atoms with Gasteiger partial charge in [0.05, 0.1) is 25.0 Å². The summed E-state index contributed by atoms with van der Waals surface area (Å²) in [6, 6.07) is 0. The summed E-state index contributed by atoms with van der Waals surface area (Å²) < 4.78 is 6.67. The summed E-state index contributed by atoms with van der Waals surface area (Å²) in [5.41, 5.74) is 0.341. The molecule has 0 aliphatic carbocycles. The van der Waals surface area contributed by atoms with Gasteiger partial charge in [0.1, 0.15) is 4.47 Å². The van der Waals surface area contributed by atoms with Crippen molar-refractivity contribution in [2.75, 3.05) is 5.32 Å². The number of nitrogens with zero attached hydrogens (tertiary/aromatic N) is 4. The molecule has 8 heteroatoms. The normalized spacial score (nSPS) is 10.4. The van der Waals surface area contributed by atoms with Crippen LogP contribution in [0.4, 0.5) is 5.69 Å². The van der Waals surface area contributed by atoms with Gasteiger partial charge in [0.15, 0.2) is 5.82 Å². The maximum atomic E-state index is 11.9. The first kappa shape index (κ1) is 13.5. The molecule has 7 nitrogen and oxygen atoms in total. The lowest BCUT2D eigenvalue weighted by Crippen LogP contribution is -2.23. The van der Waals surface area contributed by atoms with Crippen LogP contribution in [0.25, 0.3) is 0 Å². The van der Waals surface area contributed by atoms with Crippen LogP contribution < -0.4 is 10.9 Å². The lowest BCUT2D eigenvalue weighted by molar-refractivity contribution is 0.379. The van der Waals surface area contributed by atoms with Crippen LogP contribution in [-0.2, 0) is 13.1 Å². The maximum absolute atomic E-state index is 11.9. The van der Waals surface area contributed by atoms with E-state index < -0.39 is 0 Å². The molecule has 0 spiro atoms. The van der Waals surface area contributed by atoms with E-state index in [4.69, 9.17) is 4.52 Å². The van der Waals surface area contributed by atoms with Gasteiger partial charge in [0.2, 0.25) is 5.89 Å². The number of hydrogen-bond donors (Lipinski definition) is 1. The molecule has 0 saturated carbocycles. The molecule has 0 aliphatic heterocycles. The first-order valence-electron chi connectivity index (χ1n) is 5.51. The van der Waals surface area contributed by atoms with E-state index in [1.165, 1.54) is 4.68 Å². The number of hydrogen-bond acceptors (Lipinski definition) is 6. The van der Waals surface area contributed by atoms with Crippen molar-refractivity contribution in [3.05, 3.63) is 45.4 Å². The van der Waals surface area contributed by atoms with Gasteiger partial charge in [0, 0.05) is 0 Å². The van der Waals surface area contributed by atoms with Gasteiger partial charge in [-0.2, -0.15) is 10.1 Å². The Bertz CT molecular complexity index is 649. The third-order valence-electron chi connectivity index (χ3n) is 2.29. The first-order chi connectivity index (χ1) is 9.11. The Hall–Kier alpha value is -1.96. The summed E-state index contributed by atoms with van der Waals surface area (Å²) in [4.78, 5) is 16.0. The minimum atomic E-state index is -0.230. The Balaban J connectivity index is 2.15. The SMILES string of the molecule is C=CCn1ncc(NCc2nc(C)no2)c(Br)c1=O. The Labute approximate surface area is 117 Å². The highest BCUT2D eigenvalue weighted by atomic mass is 79.9. The predicted octanol–water partition coefficient (Wildman–Crippen LogP) is 1.50. The zero-order valence-corrected chi connectivity index (χ0v) is 11.8. The average Bonchev–Trinajstić information content (AvgIpc) is 2.80. The third-order valence-corrected chi connectivity index (χ3v) is 3.05. The van der Waals surface area contributed by atoms with Crippen molar-refractivity contribution in [2.24, 2.45) is 0 Å². The highest BCUT2D eigenvalue weighted by Gasteiger charge is 2.09. The van der Waals surface area contributed by atoms with Crippen LogP contribution in [0, 0.1) is 6.92 Å². The molecule has 19 heavy (non-hydrogen) atoms. The van der Waals surface area contributed by atoms with Crippen LogP contribution in [0.15, 0.2) is 32.6 Å². The standard InChI is InChI=1S/C11H12BrN5O2/c1-3-4-17-11(18)10(12)8(5-14-17)13-6-9-15-7(2)16-19-9/h3,5,13H,1,4,6H2,2H3. The number of aromatic nitrogens is 4. The van der Waals surface area contributed by atoms with Crippen LogP contribution in [0.2, 0.25) is 0 Å². The molecule has 0 aromatic carbocycles. The summed E-state index contributed by atoms with van der Waals surface area (Å²) in [6.45, 7) is 5.99. The fraction of sp³-hybridized carbons (Fsp3) is 0.273. The fourth-order valence-electron chi connectivity index (χ4n) is 1.42. The van der Waals surface area contributed by atoms with Gasteiger partial charge in [-0.15, -0.1) is 6.58 Å². The van der Waals surface area contributed by atoms with E-state index in [2.05, 4.69) is 43.1 Å². The number of allylic oxidation sites excluding steroid dienone is 1. The fourth-order valence-corrected chi connectivity index (χ4v) is 1.87. The second-order valence-corrected chi connectivity index (χ2v) is 4.53. The second kappa shape index (κ2) is 5.79. The molecule has 0 fully saturated rings. The van der Waals surface area contributed by atoms with Gasteiger partial charge in [-0.3, -0.25) is 4.79 Å². The molecule has 2 rings (SSSR count). The summed E-state index contributed by atoms with van der Waals surface area (Å²) in [7, 11) is 0. The van der Waals surface area contributed by atoms with Gasteiger partial charge in [0.25, 0.3) is 5.56 Å². The quantitative estimate of drug-likeness (QED) is 0.838. The van der Waals surface area contributed by atoms with Crippen molar-refractivity contribution in [3.63, 3.8) is 0 Å². The topological polar surface area (TPSA) is 85.8 Å². The first-order valence-corrected chi connectivity index (χ1v) is 6.30. The Kier molecular flexibility index (Phi) is 4.10. The van der Waals surface area contributed by atoms with E-state index >= 15 is 0 Å². The van der Waals surface area contributed by atoms with Crippen molar-refractivity contribution in [2.45, 2.75) is 20.0 Å². The molecule has 2 aromatic rings. The van der Waals surface area contributed by atoms with Crippen molar-refractivity contribution >= 4 is 21.6 Å². The van der Waals surface area contributed by atoms with Crippen molar-refractivity contribution in [3.8, 4) is 0 Å². The molecule has 2 heterocycles. The number of halogens is 1. The van der Waals surface area contributed by atoms with E-state index in [1.54, 1.807) is 19.2 Å². The zero-order valence-electron chi connectivity index (χ0n) is 10.3. The molecule has 0 bridgehead atoms. The summed E-state index contributed by atoms with van der Waals surface area (Å²) in [5.74, 6) is 1.01. The highest BCUT2D eigenvalue weighted by molar-refractivity contribution is 9.10. The number of nitrogens with one attached hydrogen (secondary N) is 1. The molecular weight excluding hydrogens is 314 g/mol. The lowest BCUT2D eigenvalue weighted by Gasteiger charge is -2.07. The Morgan fingerprint density at radius 3 is 3.05 bits per heavy atom. The smallest absolute Gasteiger partial charge is 0.283 e. The molecule has 0 aliphatic rings. The van der Waals surface area contributed by atoms with E-state index in [-0.39, 0.29) is 5.56 Å². The largest absolute Gasteiger partial charge is 0.374 e. The molecule has 0 radical (unpaired) electrons. The Morgan fingerprint density at radius 2 is 2.42 bits per heavy atom. The zero-order chi connectivity index (χ0) is 13.8. The van der Waals surface area contributed by atoms with Crippen LogP contribution in [0.1, 0.15) is 11.7 Å². The minimum absolute atomic E-state index is 0.230. The molecule has 0 amide bonds. The lowest BCUT2D eigenvalue weighted by atomic mass is 10.4. The number of aryl methyl sites for hydroxylation is 1. The van der Waals surface area contributed by atoms with Crippen molar-refractivity contribution in [1.29, 1.82) is 0 Å². The van der Waals surface area contributed by atoms with Gasteiger partial charge < -0.3 is 9.84 Å². The molecule has 0 unspecified atom stereocenters. The maximum Gasteiger partial charge on any atom is 0.283 e. The number of anilines is 1. The second-order valence-electron chi connectivity index (χ2n) is 3.74. The van der Waals surface area contributed by atoms with Gasteiger partial charge in [-0.05, 0) is 22.9 Å². The molecule has 100 valence electrons. The predicted molar refractivity (Wildman–Crippen MR) is 72.8 cm³/mol.